The summed E-state index contributed by atoms with van der Waals surface area (Å²) in [6.07, 6.45) is 2.60. The number of aliphatic hydroxyl groups excluding tert-OH is 1. The lowest BCUT2D eigenvalue weighted by atomic mass is 9.81. The van der Waals surface area contributed by atoms with Crippen LogP contribution in [0.3, 0.4) is 0 Å². The Morgan fingerprint density at radius 2 is 2.05 bits per heavy atom. The third-order valence-electron chi connectivity index (χ3n) is 4.13. The summed E-state index contributed by atoms with van der Waals surface area (Å²) in [6.45, 7) is 1.89. The average molecular weight is 312 g/mol. The molecule has 21 heavy (non-hydrogen) atoms. The zero-order valence-corrected chi connectivity index (χ0v) is 12.9. The van der Waals surface area contributed by atoms with E-state index >= 15 is 0 Å². The van der Waals surface area contributed by atoms with Gasteiger partial charge in [-0.3, -0.25) is 4.79 Å². The van der Waals surface area contributed by atoms with Crippen molar-refractivity contribution in [3.63, 3.8) is 0 Å². The van der Waals surface area contributed by atoms with Crippen LogP contribution < -0.4 is 5.32 Å². The predicted molar refractivity (Wildman–Crippen MR) is 82.4 cm³/mol. The van der Waals surface area contributed by atoms with Gasteiger partial charge in [0.1, 0.15) is 0 Å². The second-order valence-corrected chi connectivity index (χ2v) is 6.05. The molecule has 5 heteroatoms. The largest absolute Gasteiger partial charge is 0.396 e. The summed E-state index contributed by atoms with van der Waals surface area (Å²) in [6, 6.07) is 7.56. The smallest absolute Gasteiger partial charge is 0.220 e. The van der Waals surface area contributed by atoms with Crippen LogP contribution in [0.25, 0.3) is 0 Å². The third kappa shape index (κ3) is 4.70. The Balaban J connectivity index is 1.78. The Labute approximate surface area is 130 Å². The van der Waals surface area contributed by atoms with E-state index in [-0.39, 0.29) is 17.9 Å². The molecule has 0 aromatic heterocycles. The molecule has 0 aliphatic carbocycles. The van der Waals surface area contributed by atoms with E-state index in [1.54, 1.807) is 0 Å². The zero-order valence-electron chi connectivity index (χ0n) is 12.1. The zero-order chi connectivity index (χ0) is 15.1. The molecule has 116 valence electrons. The quantitative estimate of drug-likeness (QED) is 0.846. The van der Waals surface area contributed by atoms with Gasteiger partial charge in [0.05, 0.1) is 6.61 Å². The van der Waals surface area contributed by atoms with Gasteiger partial charge >= 0.3 is 0 Å². The van der Waals surface area contributed by atoms with Gasteiger partial charge in [-0.2, -0.15) is 0 Å². The minimum absolute atomic E-state index is 0.00534. The summed E-state index contributed by atoms with van der Waals surface area (Å²) in [5.41, 5.74) is 0.760. The molecule has 1 aromatic rings. The van der Waals surface area contributed by atoms with Crippen molar-refractivity contribution in [2.45, 2.75) is 25.7 Å². The number of aliphatic hydroxyl groups is 1. The van der Waals surface area contributed by atoms with Crippen LogP contribution in [-0.2, 0) is 16.0 Å². The molecule has 2 N–H and O–H groups in total. The fourth-order valence-corrected chi connectivity index (χ4v) is 2.75. The van der Waals surface area contributed by atoms with Gasteiger partial charge in [-0.15, -0.1) is 0 Å². The molecule has 0 spiro atoms. The fraction of sp³-hybridized carbons (Fsp3) is 0.562. The van der Waals surface area contributed by atoms with Crippen LogP contribution >= 0.6 is 11.6 Å². The van der Waals surface area contributed by atoms with Crippen molar-refractivity contribution in [2.24, 2.45) is 5.41 Å². The maximum absolute atomic E-state index is 12.0. The molecule has 1 aliphatic heterocycles. The normalized spacial score (nSPS) is 17.4. The highest BCUT2D eigenvalue weighted by molar-refractivity contribution is 6.31. The minimum Gasteiger partial charge on any atom is -0.396 e. The summed E-state index contributed by atoms with van der Waals surface area (Å²) < 4.78 is 5.31. The number of hydrogen-bond acceptors (Lipinski definition) is 3. The maximum Gasteiger partial charge on any atom is 0.220 e. The number of carbonyl (C=O) groups is 1. The second kappa shape index (κ2) is 7.78. The van der Waals surface area contributed by atoms with Gasteiger partial charge in [0.2, 0.25) is 5.91 Å². The van der Waals surface area contributed by atoms with E-state index in [1.165, 1.54) is 0 Å². The van der Waals surface area contributed by atoms with E-state index in [4.69, 9.17) is 16.3 Å². The Kier molecular flexibility index (Phi) is 6.03. The van der Waals surface area contributed by atoms with Crippen molar-refractivity contribution in [1.82, 2.24) is 5.32 Å². The topological polar surface area (TPSA) is 58.6 Å². The van der Waals surface area contributed by atoms with Crippen molar-refractivity contribution in [2.75, 3.05) is 26.4 Å². The lowest BCUT2D eigenvalue weighted by Gasteiger charge is -2.35. The number of aryl methyl sites for hydroxylation is 1. The number of hydrogen-bond donors (Lipinski definition) is 2. The maximum atomic E-state index is 12.0. The molecule has 1 saturated heterocycles. The first kappa shape index (κ1) is 16.3. The highest BCUT2D eigenvalue weighted by Crippen LogP contribution is 2.29. The Bertz CT molecular complexity index is 472. The molecule has 0 bridgehead atoms. The van der Waals surface area contributed by atoms with Crippen molar-refractivity contribution < 1.29 is 14.6 Å². The van der Waals surface area contributed by atoms with Crippen LogP contribution in [0, 0.1) is 5.41 Å². The molecule has 0 atom stereocenters. The molecule has 1 fully saturated rings. The molecule has 1 aromatic carbocycles. The number of halogens is 1. The molecule has 1 aliphatic rings. The van der Waals surface area contributed by atoms with E-state index in [0.717, 1.165) is 18.4 Å². The molecule has 2 rings (SSSR count). The molecule has 0 radical (unpaired) electrons. The van der Waals surface area contributed by atoms with Gasteiger partial charge in [0.15, 0.2) is 0 Å². The van der Waals surface area contributed by atoms with Crippen LogP contribution in [0.5, 0.6) is 0 Å². The van der Waals surface area contributed by atoms with E-state index in [9.17, 15) is 9.90 Å². The van der Waals surface area contributed by atoms with Gasteiger partial charge < -0.3 is 15.2 Å². The standard InChI is InChI=1S/C16H22ClNO3/c17-14-4-2-1-3-13(14)5-6-15(20)18-11-16(12-19)7-9-21-10-8-16/h1-4,19H,5-12H2,(H,18,20). The van der Waals surface area contributed by atoms with E-state index in [2.05, 4.69) is 5.32 Å². The van der Waals surface area contributed by atoms with Gasteiger partial charge in [-0.05, 0) is 30.9 Å². The minimum atomic E-state index is -0.224. The van der Waals surface area contributed by atoms with E-state index < -0.39 is 0 Å². The Morgan fingerprint density at radius 3 is 2.71 bits per heavy atom. The second-order valence-electron chi connectivity index (χ2n) is 5.64. The van der Waals surface area contributed by atoms with Crippen LogP contribution in [0.1, 0.15) is 24.8 Å². The highest BCUT2D eigenvalue weighted by atomic mass is 35.5. The summed E-state index contributed by atoms with van der Waals surface area (Å²) in [5.74, 6) is -0.00534. The Hall–Kier alpha value is -1.10. The molecular weight excluding hydrogens is 290 g/mol. The van der Waals surface area contributed by atoms with Gasteiger partial charge in [0.25, 0.3) is 0 Å². The van der Waals surface area contributed by atoms with Crippen LogP contribution in [-0.4, -0.2) is 37.4 Å². The molecule has 0 unspecified atom stereocenters. The molecule has 0 saturated carbocycles. The number of rotatable bonds is 6. The van der Waals surface area contributed by atoms with Gasteiger partial charge in [-0.1, -0.05) is 29.8 Å². The van der Waals surface area contributed by atoms with Crippen molar-refractivity contribution >= 4 is 17.5 Å². The summed E-state index contributed by atoms with van der Waals surface area (Å²) in [7, 11) is 0. The Morgan fingerprint density at radius 1 is 1.33 bits per heavy atom. The summed E-state index contributed by atoms with van der Waals surface area (Å²) >= 11 is 6.07. The van der Waals surface area contributed by atoms with Gasteiger partial charge in [0, 0.05) is 36.6 Å². The van der Waals surface area contributed by atoms with Crippen molar-refractivity contribution in [3.05, 3.63) is 34.9 Å². The van der Waals surface area contributed by atoms with E-state index in [1.807, 2.05) is 24.3 Å². The van der Waals surface area contributed by atoms with Gasteiger partial charge in [-0.25, -0.2) is 0 Å². The van der Waals surface area contributed by atoms with Crippen LogP contribution in [0.2, 0.25) is 5.02 Å². The lowest BCUT2D eigenvalue weighted by Crippen LogP contribution is -2.43. The summed E-state index contributed by atoms with van der Waals surface area (Å²) in [5, 5.41) is 13.2. The third-order valence-corrected chi connectivity index (χ3v) is 4.50. The number of ether oxygens (including phenoxy) is 1. The predicted octanol–water partition coefficient (Wildman–Crippen LogP) is 2.18. The number of carbonyl (C=O) groups excluding carboxylic acids is 1. The number of amides is 1. The monoisotopic (exact) mass is 311 g/mol. The fourth-order valence-electron chi connectivity index (χ4n) is 2.52. The highest BCUT2D eigenvalue weighted by Gasteiger charge is 2.32. The number of nitrogens with one attached hydrogen (secondary N) is 1. The molecule has 1 heterocycles. The SMILES string of the molecule is O=C(CCc1ccccc1Cl)NCC1(CO)CCOCC1. The molecular formula is C16H22ClNO3. The van der Waals surface area contributed by atoms with Crippen molar-refractivity contribution in [1.29, 1.82) is 0 Å². The first-order valence-electron chi connectivity index (χ1n) is 7.34. The van der Waals surface area contributed by atoms with Crippen LogP contribution in [0.15, 0.2) is 24.3 Å². The summed E-state index contributed by atoms with van der Waals surface area (Å²) in [4.78, 5) is 12.0. The first-order valence-corrected chi connectivity index (χ1v) is 7.72. The first-order chi connectivity index (χ1) is 10.2. The molecule has 1 amide bonds. The van der Waals surface area contributed by atoms with Crippen LogP contribution in [0.4, 0.5) is 0 Å². The average Bonchev–Trinajstić information content (AvgIpc) is 2.53. The molecule has 4 nitrogen and oxygen atoms in total. The number of benzene rings is 1. The lowest BCUT2D eigenvalue weighted by molar-refractivity contribution is -0.122. The van der Waals surface area contributed by atoms with E-state index in [0.29, 0.717) is 37.6 Å². The van der Waals surface area contributed by atoms with Crippen molar-refractivity contribution in [3.8, 4) is 0 Å².